The Morgan fingerprint density at radius 1 is 1.59 bits per heavy atom. The van der Waals surface area contributed by atoms with E-state index in [1.165, 1.54) is 6.92 Å². The molecule has 0 saturated carbocycles. The molecule has 1 heterocycles. The summed E-state index contributed by atoms with van der Waals surface area (Å²) < 4.78 is 67.5. The predicted molar refractivity (Wildman–Crippen MR) is 53.8 cm³/mol. The van der Waals surface area contributed by atoms with E-state index in [9.17, 15) is 21.6 Å². The molecule has 17 heavy (non-hydrogen) atoms. The average molecular weight is 269 g/mol. The van der Waals surface area contributed by atoms with Crippen LogP contribution in [-0.2, 0) is 9.84 Å². The number of furan rings is 1. The van der Waals surface area contributed by atoms with Crippen LogP contribution in [0.15, 0.2) is 33.5 Å². The quantitative estimate of drug-likeness (QED) is 0.904. The standard InChI is InChI=1S/C9H10F3NO3S/c1-6-7(3-5-16-6)17(14,15)9(11,12)8(10)2-4-13/h2-3,5H,4,13H2,1H3/b8-2-. The molecule has 4 nitrogen and oxygen atoms in total. The molecule has 0 atom stereocenters. The molecule has 8 heteroatoms. The summed E-state index contributed by atoms with van der Waals surface area (Å²) in [4.78, 5) is -0.747. The lowest BCUT2D eigenvalue weighted by Gasteiger charge is -2.14. The van der Waals surface area contributed by atoms with Crippen molar-refractivity contribution in [2.45, 2.75) is 17.1 Å². The first-order valence-electron chi connectivity index (χ1n) is 4.48. The van der Waals surface area contributed by atoms with Gasteiger partial charge in [0.2, 0.25) is 0 Å². The molecule has 0 spiro atoms. The van der Waals surface area contributed by atoms with E-state index >= 15 is 0 Å². The number of rotatable bonds is 4. The minimum Gasteiger partial charge on any atom is -0.468 e. The van der Waals surface area contributed by atoms with Crippen LogP contribution in [0.4, 0.5) is 13.2 Å². The highest BCUT2D eigenvalue weighted by Crippen LogP contribution is 2.37. The molecule has 0 bridgehead atoms. The van der Waals surface area contributed by atoms with E-state index < -0.39 is 32.4 Å². The van der Waals surface area contributed by atoms with Gasteiger partial charge in [-0.3, -0.25) is 0 Å². The molecule has 0 aliphatic heterocycles. The molecule has 0 amide bonds. The van der Waals surface area contributed by atoms with Crippen molar-refractivity contribution in [3.8, 4) is 0 Å². The Labute approximate surface area is 95.8 Å². The van der Waals surface area contributed by atoms with Crippen molar-refractivity contribution >= 4 is 9.84 Å². The van der Waals surface area contributed by atoms with Gasteiger partial charge in [-0.15, -0.1) is 0 Å². The summed E-state index contributed by atoms with van der Waals surface area (Å²) >= 11 is 0. The Hall–Kier alpha value is -1.28. The lowest BCUT2D eigenvalue weighted by atomic mass is 10.5. The summed E-state index contributed by atoms with van der Waals surface area (Å²) in [5, 5.41) is -4.65. The van der Waals surface area contributed by atoms with Gasteiger partial charge in [-0.05, 0) is 19.1 Å². The topological polar surface area (TPSA) is 73.3 Å². The molecular weight excluding hydrogens is 259 g/mol. The first kappa shape index (κ1) is 13.8. The molecule has 0 fully saturated rings. The van der Waals surface area contributed by atoms with Gasteiger partial charge in [-0.25, -0.2) is 12.8 Å². The van der Waals surface area contributed by atoms with Crippen molar-refractivity contribution in [1.29, 1.82) is 0 Å². The van der Waals surface area contributed by atoms with Crippen LogP contribution in [0.25, 0.3) is 0 Å². The molecule has 0 aliphatic rings. The Kier molecular flexibility index (Phi) is 3.68. The van der Waals surface area contributed by atoms with Crippen molar-refractivity contribution in [2.24, 2.45) is 5.73 Å². The zero-order valence-electron chi connectivity index (χ0n) is 8.78. The number of aryl methyl sites for hydroxylation is 1. The first-order valence-corrected chi connectivity index (χ1v) is 5.96. The average Bonchev–Trinajstić information content (AvgIpc) is 2.65. The summed E-state index contributed by atoms with van der Waals surface area (Å²) in [7, 11) is -5.17. The molecule has 1 aromatic heterocycles. The van der Waals surface area contributed by atoms with E-state index in [0.717, 1.165) is 12.3 Å². The van der Waals surface area contributed by atoms with Crippen LogP contribution in [0.1, 0.15) is 5.76 Å². The van der Waals surface area contributed by atoms with Gasteiger partial charge >= 0.3 is 5.25 Å². The van der Waals surface area contributed by atoms with Gasteiger partial charge in [-0.1, -0.05) is 0 Å². The van der Waals surface area contributed by atoms with Crippen LogP contribution in [0.5, 0.6) is 0 Å². The maximum atomic E-state index is 13.4. The van der Waals surface area contributed by atoms with Crippen LogP contribution < -0.4 is 5.73 Å². The van der Waals surface area contributed by atoms with Gasteiger partial charge in [0, 0.05) is 6.54 Å². The summed E-state index contributed by atoms with van der Waals surface area (Å²) in [6.07, 6.45) is 1.25. The molecule has 1 rings (SSSR count). The number of hydrogen-bond donors (Lipinski definition) is 1. The molecule has 2 N–H and O–H groups in total. The Morgan fingerprint density at radius 3 is 2.59 bits per heavy atom. The molecule has 0 aromatic carbocycles. The fourth-order valence-electron chi connectivity index (χ4n) is 1.14. The third-order valence-corrected chi connectivity index (χ3v) is 3.89. The molecular formula is C9H10F3NO3S. The minimum atomic E-state index is -5.17. The Morgan fingerprint density at radius 2 is 2.18 bits per heavy atom. The van der Waals surface area contributed by atoms with Crippen molar-refractivity contribution < 1.29 is 26.0 Å². The molecule has 0 unspecified atom stereocenters. The third kappa shape index (κ3) is 2.22. The van der Waals surface area contributed by atoms with Crippen LogP contribution in [0.3, 0.4) is 0 Å². The molecule has 0 aliphatic carbocycles. The number of halogens is 3. The van der Waals surface area contributed by atoms with E-state index in [-0.39, 0.29) is 5.76 Å². The van der Waals surface area contributed by atoms with Crippen molar-refractivity contribution in [1.82, 2.24) is 0 Å². The maximum absolute atomic E-state index is 13.4. The van der Waals surface area contributed by atoms with Crippen molar-refractivity contribution in [3.05, 3.63) is 30.0 Å². The van der Waals surface area contributed by atoms with Crippen LogP contribution in [0.2, 0.25) is 0 Å². The lowest BCUT2D eigenvalue weighted by molar-refractivity contribution is 0.105. The van der Waals surface area contributed by atoms with Crippen LogP contribution >= 0.6 is 0 Å². The van der Waals surface area contributed by atoms with E-state index in [0.29, 0.717) is 6.08 Å². The fraction of sp³-hybridized carbons (Fsp3) is 0.333. The first-order chi connectivity index (χ1) is 7.75. The highest BCUT2D eigenvalue weighted by Gasteiger charge is 2.51. The van der Waals surface area contributed by atoms with E-state index in [4.69, 9.17) is 5.73 Å². The second kappa shape index (κ2) is 4.53. The zero-order valence-corrected chi connectivity index (χ0v) is 9.60. The Balaban J connectivity index is 3.33. The number of hydrogen-bond acceptors (Lipinski definition) is 4. The monoisotopic (exact) mass is 269 g/mol. The molecule has 1 aromatic rings. The predicted octanol–water partition coefficient (Wildman–Crippen LogP) is 1.77. The third-order valence-electron chi connectivity index (χ3n) is 2.01. The summed E-state index contributed by atoms with van der Waals surface area (Å²) in [5.41, 5.74) is 4.85. The number of alkyl halides is 2. The van der Waals surface area contributed by atoms with E-state index in [1.807, 2.05) is 0 Å². The van der Waals surface area contributed by atoms with Gasteiger partial charge < -0.3 is 10.2 Å². The normalized spacial score (nSPS) is 14.1. The second-order valence-corrected chi connectivity index (χ2v) is 5.11. The van der Waals surface area contributed by atoms with Gasteiger partial charge in [0.15, 0.2) is 5.83 Å². The van der Waals surface area contributed by atoms with E-state index in [1.54, 1.807) is 0 Å². The lowest BCUT2D eigenvalue weighted by Crippen LogP contribution is -2.30. The van der Waals surface area contributed by atoms with Crippen molar-refractivity contribution in [2.75, 3.05) is 6.54 Å². The molecule has 0 saturated heterocycles. The van der Waals surface area contributed by atoms with Gasteiger partial charge in [0.05, 0.1) is 6.26 Å². The second-order valence-electron chi connectivity index (χ2n) is 3.15. The smallest absolute Gasteiger partial charge is 0.400 e. The van der Waals surface area contributed by atoms with Gasteiger partial charge in [-0.2, -0.15) is 8.78 Å². The zero-order chi connectivity index (χ0) is 13.3. The molecule has 96 valence electrons. The SMILES string of the molecule is Cc1occc1S(=O)(=O)C(F)(F)/C(F)=C/CN. The Bertz CT molecular complexity index is 533. The van der Waals surface area contributed by atoms with Crippen LogP contribution in [0, 0.1) is 6.92 Å². The summed E-state index contributed by atoms with van der Waals surface area (Å²) in [6.45, 7) is 0.662. The fourth-order valence-corrected chi connectivity index (χ4v) is 2.42. The van der Waals surface area contributed by atoms with Crippen molar-refractivity contribution in [3.63, 3.8) is 0 Å². The van der Waals surface area contributed by atoms with Gasteiger partial charge in [0.25, 0.3) is 9.84 Å². The van der Waals surface area contributed by atoms with Gasteiger partial charge in [0.1, 0.15) is 10.7 Å². The largest absolute Gasteiger partial charge is 0.468 e. The highest BCUT2D eigenvalue weighted by atomic mass is 32.2. The minimum absolute atomic E-state index is 0.231. The summed E-state index contributed by atoms with van der Waals surface area (Å²) in [6, 6.07) is 0.842. The maximum Gasteiger partial charge on any atom is 0.400 e. The van der Waals surface area contributed by atoms with E-state index in [2.05, 4.69) is 4.42 Å². The number of sulfone groups is 1. The number of nitrogens with two attached hydrogens (primary N) is 1. The highest BCUT2D eigenvalue weighted by molar-refractivity contribution is 7.92. The summed E-state index contributed by atoms with van der Waals surface area (Å²) in [5.74, 6) is -2.33. The molecule has 0 radical (unpaired) electrons. The van der Waals surface area contributed by atoms with Crippen LogP contribution in [-0.4, -0.2) is 20.2 Å².